The number of nitrogens with two attached hydrogens (primary N) is 1. The highest BCUT2D eigenvalue weighted by Gasteiger charge is 2.44. The number of allylic oxidation sites excluding steroid dienone is 4. The minimum absolute atomic E-state index is 0.0204. The van der Waals surface area contributed by atoms with Crippen LogP contribution in [0.3, 0.4) is 0 Å². The van der Waals surface area contributed by atoms with Crippen LogP contribution in [0.25, 0.3) is 0 Å². The molecule has 0 amide bonds. The van der Waals surface area contributed by atoms with Crippen molar-refractivity contribution in [2.75, 3.05) is 0 Å². The fourth-order valence-corrected chi connectivity index (χ4v) is 1.06. The highest BCUT2D eigenvalue weighted by Crippen LogP contribution is 2.39. The van der Waals surface area contributed by atoms with Crippen LogP contribution in [0.1, 0.15) is 6.92 Å². The lowest BCUT2D eigenvalue weighted by atomic mass is 10.0. The standard InChI is InChI=1S/C10H8F9N/c1-4(8(11,12)13)6(9(14,15)16)3-7(5(2)20)10(17,18)19/h3H,2,20H2,1H3/b6-4-,7-3+. The second-order valence-electron chi connectivity index (χ2n) is 3.62. The van der Waals surface area contributed by atoms with Crippen molar-refractivity contribution in [1.29, 1.82) is 0 Å². The van der Waals surface area contributed by atoms with Gasteiger partial charge in [-0.1, -0.05) is 6.58 Å². The number of halogens is 9. The Hall–Kier alpha value is -1.61. The Kier molecular flexibility index (Phi) is 4.97. The summed E-state index contributed by atoms with van der Waals surface area (Å²) in [6.45, 7) is 2.62. The molecule has 2 N–H and O–H groups in total. The van der Waals surface area contributed by atoms with Gasteiger partial charge < -0.3 is 5.73 Å². The average molecular weight is 313 g/mol. The van der Waals surface area contributed by atoms with Crippen LogP contribution in [0.4, 0.5) is 39.5 Å². The van der Waals surface area contributed by atoms with E-state index in [0.717, 1.165) is 0 Å². The Morgan fingerprint density at radius 1 is 0.850 bits per heavy atom. The van der Waals surface area contributed by atoms with Gasteiger partial charge in [-0.3, -0.25) is 0 Å². The summed E-state index contributed by atoms with van der Waals surface area (Å²) in [5, 5.41) is 0. The lowest BCUT2D eigenvalue weighted by Gasteiger charge is -2.17. The van der Waals surface area contributed by atoms with Crippen molar-refractivity contribution in [3.8, 4) is 0 Å². The van der Waals surface area contributed by atoms with E-state index in [4.69, 9.17) is 0 Å². The molecule has 0 aliphatic rings. The number of alkyl halides is 9. The van der Waals surface area contributed by atoms with Crippen LogP contribution in [-0.4, -0.2) is 18.5 Å². The van der Waals surface area contributed by atoms with Gasteiger partial charge in [0.05, 0.1) is 11.1 Å². The minimum atomic E-state index is -5.63. The van der Waals surface area contributed by atoms with Crippen molar-refractivity contribution in [3.63, 3.8) is 0 Å². The van der Waals surface area contributed by atoms with Gasteiger partial charge in [-0.15, -0.1) is 0 Å². The molecular weight excluding hydrogens is 305 g/mol. The Bertz CT molecular complexity index is 445. The van der Waals surface area contributed by atoms with E-state index in [9.17, 15) is 39.5 Å². The molecule has 0 aromatic heterocycles. The van der Waals surface area contributed by atoms with E-state index in [0.29, 0.717) is 0 Å². The third-order valence-corrected chi connectivity index (χ3v) is 2.07. The molecule has 0 aliphatic carbocycles. The van der Waals surface area contributed by atoms with Crippen LogP contribution in [0.2, 0.25) is 0 Å². The molecule has 1 nitrogen and oxygen atoms in total. The molecule has 0 radical (unpaired) electrons. The molecule has 0 saturated carbocycles. The predicted octanol–water partition coefficient (Wildman–Crippen LogP) is 4.39. The van der Waals surface area contributed by atoms with Crippen LogP contribution in [0.5, 0.6) is 0 Å². The fraction of sp³-hybridized carbons (Fsp3) is 0.400. The predicted molar refractivity (Wildman–Crippen MR) is 52.3 cm³/mol. The number of hydrogen-bond donors (Lipinski definition) is 1. The van der Waals surface area contributed by atoms with Gasteiger partial charge in [-0.2, -0.15) is 39.5 Å². The van der Waals surface area contributed by atoms with Gasteiger partial charge in [0.1, 0.15) is 0 Å². The van der Waals surface area contributed by atoms with Crippen LogP contribution in [0.15, 0.2) is 35.1 Å². The molecule has 0 bridgehead atoms. The summed E-state index contributed by atoms with van der Waals surface area (Å²) < 4.78 is 111. The average Bonchev–Trinajstić information content (AvgIpc) is 2.10. The first-order valence-corrected chi connectivity index (χ1v) is 4.67. The van der Waals surface area contributed by atoms with E-state index in [-0.39, 0.29) is 6.92 Å². The van der Waals surface area contributed by atoms with Gasteiger partial charge in [-0.25, -0.2) is 0 Å². The summed E-state index contributed by atoms with van der Waals surface area (Å²) in [4.78, 5) is 0. The molecule has 116 valence electrons. The summed E-state index contributed by atoms with van der Waals surface area (Å²) in [6.07, 6.45) is -17.1. The third kappa shape index (κ3) is 4.82. The van der Waals surface area contributed by atoms with Crippen LogP contribution < -0.4 is 5.73 Å². The molecule has 10 heteroatoms. The number of rotatable bonds is 2. The molecule has 0 rings (SSSR count). The SMILES string of the molecule is C=C(N)/C(=C\C(=C(/C)C(F)(F)F)C(F)(F)F)C(F)(F)F. The molecule has 0 aliphatic heterocycles. The maximum atomic E-state index is 12.5. The first kappa shape index (κ1) is 18.4. The fourth-order valence-electron chi connectivity index (χ4n) is 1.06. The van der Waals surface area contributed by atoms with Crippen LogP contribution >= 0.6 is 0 Å². The first-order valence-electron chi connectivity index (χ1n) is 4.67. The molecule has 0 spiro atoms. The quantitative estimate of drug-likeness (QED) is 0.594. The summed E-state index contributed by atoms with van der Waals surface area (Å²) in [5.74, 6) is 0. The van der Waals surface area contributed by atoms with Gasteiger partial charge in [0, 0.05) is 11.3 Å². The zero-order valence-corrected chi connectivity index (χ0v) is 9.76. The van der Waals surface area contributed by atoms with Gasteiger partial charge in [-0.05, 0) is 13.0 Å². The van der Waals surface area contributed by atoms with Gasteiger partial charge in [0.2, 0.25) is 0 Å². The summed E-state index contributed by atoms with van der Waals surface area (Å²) >= 11 is 0. The van der Waals surface area contributed by atoms with E-state index in [1.165, 1.54) is 0 Å². The summed E-state index contributed by atoms with van der Waals surface area (Å²) in [7, 11) is 0. The molecule has 0 fully saturated rings. The van der Waals surface area contributed by atoms with E-state index in [2.05, 4.69) is 12.3 Å². The smallest absolute Gasteiger partial charge is 0.399 e. The van der Waals surface area contributed by atoms with Crippen molar-refractivity contribution in [2.45, 2.75) is 25.5 Å². The Labute approximate surface area is 107 Å². The third-order valence-electron chi connectivity index (χ3n) is 2.07. The van der Waals surface area contributed by atoms with Gasteiger partial charge in [0.25, 0.3) is 0 Å². The lowest BCUT2D eigenvalue weighted by molar-refractivity contribution is -0.113. The Balaban J connectivity index is 6.29. The zero-order chi connectivity index (χ0) is 16.5. The van der Waals surface area contributed by atoms with Gasteiger partial charge in [0.15, 0.2) is 0 Å². The summed E-state index contributed by atoms with van der Waals surface area (Å²) in [5.41, 5.74) is -3.44. The molecular formula is C10H8F9N. The van der Waals surface area contributed by atoms with E-state index in [1.54, 1.807) is 0 Å². The lowest BCUT2D eigenvalue weighted by Crippen LogP contribution is -2.23. The molecule has 0 aromatic rings. The maximum Gasteiger partial charge on any atom is 0.418 e. The van der Waals surface area contributed by atoms with Crippen molar-refractivity contribution in [2.24, 2.45) is 5.73 Å². The topological polar surface area (TPSA) is 26.0 Å². The van der Waals surface area contributed by atoms with Crippen LogP contribution in [0, 0.1) is 0 Å². The molecule has 0 saturated heterocycles. The van der Waals surface area contributed by atoms with Gasteiger partial charge >= 0.3 is 18.5 Å². The highest BCUT2D eigenvalue weighted by molar-refractivity contribution is 5.42. The summed E-state index contributed by atoms with van der Waals surface area (Å²) in [6, 6.07) is 0. The highest BCUT2D eigenvalue weighted by atomic mass is 19.4. The van der Waals surface area contributed by atoms with Crippen molar-refractivity contribution < 1.29 is 39.5 Å². The Morgan fingerprint density at radius 2 is 1.25 bits per heavy atom. The molecule has 0 heterocycles. The van der Waals surface area contributed by atoms with E-state index >= 15 is 0 Å². The van der Waals surface area contributed by atoms with E-state index in [1.807, 2.05) is 0 Å². The normalized spacial score (nSPS) is 16.0. The minimum Gasteiger partial charge on any atom is -0.399 e. The maximum absolute atomic E-state index is 12.5. The van der Waals surface area contributed by atoms with Crippen LogP contribution in [-0.2, 0) is 0 Å². The molecule has 0 aromatic carbocycles. The molecule has 20 heavy (non-hydrogen) atoms. The first-order chi connectivity index (χ1) is 8.58. The largest absolute Gasteiger partial charge is 0.418 e. The molecule has 0 unspecified atom stereocenters. The van der Waals surface area contributed by atoms with Crippen molar-refractivity contribution in [3.05, 3.63) is 35.1 Å². The van der Waals surface area contributed by atoms with Crippen molar-refractivity contribution in [1.82, 2.24) is 0 Å². The molecule has 0 atom stereocenters. The second kappa shape index (κ2) is 5.41. The van der Waals surface area contributed by atoms with Crippen molar-refractivity contribution >= 4 is 0 Å². The second-order valence-corrected chi connectivity index (χ2v) is 3.62. The monoisotopic (exact) mass is 313 g/mol. The number of hydrogen-bond acceptors (Lipinski definition) is 1. The van der Waals surface area contributed by atoms with E-state index < -0.39 is 47.0 Å². The Morgan fingerprint density at radius 3 is 1.45 bits per heavy atom. The zero-order valence-electron chi connectivity index (χ0n) is 9.76.